The van der Waals surface area contributed by atoms with Crippen molar-refractivity contribution in [2.75, 3.05) is 11.9 Å². The van der Waals surface area contributed by atoms with Crippen molar-refractivity contribution in [3.63, 3.8) is 0 Å². The number of rotatable bonds is 8. The Balaban J connectivity index is 2.90. The summed E-state index contributed by atoms with van der Waals surface area (Å²) in [5, 5.41) is 4.68. The summed E-state index contributed by atoms with van der Waals surface area (Å²) < 4.78 is 0. The maximum absolute atomic E-state index is 4.90. The Morgan fingerprint density at radius 1 is 1.20 bits per heavy atom. The van der Waals surface area contributed by atoms with Gasteiger partial charge in [0.25, 0.3) is 0 Å². The van der Waals surface area contributed by atoms with E-state index in [0.29, 0.717) is 18.0 Å². The van der Waals surface area contributed by atoms with Crippen LogP contribution in [0, 0.1) is 0 Å². The quantitative estimate of drug-likeness (QED) is 0.771. The van der Waals surface area contributed by atoms with Crippen LogP contribution in [0.2, 0.25) is 0 Å². The highest BCUT2D eigenvalue weighted by molar-refractivity contribution is 7.15. The molecule has 0 saturated heterocycles. The first-order chi connectivity index (χ1) is 9.36. The van der Waals surface area contributed by atoms with Gasteiger partial charge in [-0.05, 0) is 19.3 Å². The summed E-state index contributed by atoms with van der Waals surface area (Å²) in [5.74, 6) is 0.485. The molecule has 1 rings (SSSR count). The van der Waals surface area contributed by atoms with Crippen LogP contribution in [0.25, 0.3) is 0 Å². The van der Waals surface area contributed by atoms with Gasteiger partial charge in [-0.3, -0.25) is 0 Å². The monoisotopic (exact) mass is 297 g/mol. The maximum atomic E-state index is 4.90. The normalized spacial score (nSPS) is 13.2. The fourth-order valence-electron chi connectivity index (χ4n) is 2.18. The molecule has 0 amide bonds. The summed E-state index contributed by atoms with van der Waals surface area (Å²) in [6, 6.07) is 1.06. The van der Waals surface area contributed by atoms with Gasteiger partial charge in [0.1, 0.15) is 0 Å². The molecule has 1 atom stereocenters. The minimum Gasteiger partial charge on any atom is -0.348 e. The van der Waals surface area contributed by atoms with E-state index >= 15 is 0 Å². The lowest BCUT2D eigenvalue weighted by atomic mass is 10.1. The molecule has 1 aromatic rings. The molecule has 0 aliphatic rings. The predicted molar refractivity (Wildman–Crippen MR) is 91.0 cm³/mol. The molecule has 0 aliphatic heterocycles. The third-order valence-electron chi connectivity index (χ3n) is 3.60. The van der Waals surface area contributed by atoms with E-state index in [1.165, 1.54) is 23.4 Å². The number of nitrogens with one attached hydrogen (secondary N) is 1. The zero-order chi connectivity index (χ0) is 15.3. The van der Waals surface area contributed by atoms with E-state index < -0.39 is 0 Å². The van der Waals surface area contributed by atoms with E-state index in [4.69, 9.17) is 4.98 Å². The van der Waals surface area contributed by atoms with Gasteiger partial charge in [0.15, 0.2) is 5.13 Å². The molecule has 1 unspecified atom stereocenters. The molecule has 1 aromatic heterocycles. The lowest BCUT2D eigenvalue weighted by Crippen LogP contribution is -2.28. The molecule has 0 fully saturated rings. The zero-order valence-corrected chi connectivity index (χ0v) is 15.0. The van der Waals surface area contributed by atoms with Crippen LogP contribution in [0.15, 0.2) is 0 Å². The fourth-order valence-corrected chi connectivity index (χ4v) is 3.41. The second kappa shape index (κ2) is 7.99. The molecule has 3 nitrogen and oxygen atoms in total. The second-order valence-electron chi connectivity index (χ2n) is 6.24. The molecular weight excluding hydrogens is 266 g/mol. The second-order valence-corrected chi connectivity index (χ2v) is 7.31. The number of aromatic nitrogens is 1. The minimum atomic E-state index is 0.485. The molecule has 0 spiro atoms. The number of hydrogen-bond acceptors (Lipinski definition) is 4. The van der Waals surface area contributed by atoms with Gasteiger partial charge in [-0.15, -0.1) is 11.3 Å². The summed E-state index contributed by atoms with van der Waals surface area (Å²) in [5.41, 5.74) is 1.26. The molecule has 1 N–H and O–H groups in total. The van der Waals surface area contributed by atoms with Crippen LogP contribution in [0.5, 0.6) is 0 Å². The SMILES string of the molecule is CCCC(C)N(C)c1nc(C(C)C)c(CNC(C)C)s1. The van der Waals surface area contributed by atoms with Gasteiger partial charge in [-0.1, -0.05) is 41.0 Å². The first-order valence-electron chi connectivity index (χ1n) is 7.82. The molecule has 0 aromatic carbocycles. The summed E-state index contributed by atoms with van der Waals surface area (Å²) in [4.78, 5) is 8.62. The Morgan fingerprint density at radius 3 is 2.35 bits per heavy atom. The maximum Gasteiger partial charge on any atom is 0.185 e. The standard InChI is InChI=1S/C16H31N3S/c1-8-9-13(6)19(7)16-18-15(11(2)3)14(20-16)10-17-12(4)5/h11-13,17H,8-10H2,1-7H3. The summed E-state index contributed by atoms with van der Waals surface area (Å²) >= 11 is 1.84. The number of nitrogens with zero attached hydrogens (tertiary/aromatic N) is 2. The van der Waals surface area contributed by atoms with Crippen molar-refractivity contribution in [3.8, 4) is 0 Å². The smallest absolute Gasteiger partial charge is 0.185 e. The number of thiazole rings is 1. The van der Waals surface area contributed by atoms with Gasteiger partial charge in [-0.2, -0.15) is 0 Å². The van der Waals surface area contributed by atoms with Crippen molar-refractivity contribution in [2.45, 2.75) is 78.9 Å². The van der Waals surface area contributed by atoms with E-state index in [-0.39, 0.29) is 0 Å². The Morgan fingerprint density at radius 2 is 1.85 bits per heavy atom. The third-order valence-corrected chi connectivity index (χ3v) is 4.77. The number of anilines is 1. The molecule has 0 aliphatic carbocycles. The molecular formula is C16H31N3S. The van der Waals surface area contributed by atoms with E-state index in [2.05, 4.69) is 58.8 Å². The van der Waals surface area contributed by atoms with Gasteiger partial charge in [-0.25, -0.2) is 4.98 Å². The first kappa shape index (κ1) is 17.4. The fraction of sp³-hybridized carbons (Fsp3) is 0.812. The molecule has 0 radical (unpaired) electrons. The molecule has 20 heavy (non-hydrogen) atoms. The van der Waals surface area contributed by atoms with E-state index in [1.807, 2.05) is 11.3 Å². The Labute approximate surface area is 128 Å². The summed E-state index contributed by atoms with van der Waals surface area (Å²) in [6.45, 7) is 14.3. The average molecular weight is 298 g/mol. The van der Waals surface area contributed by atoms with Crippen LogP contribution in [0.4, 0.5) is 5.13 Å². The highest BCUT2D eigenvalue weighted by Gasteiger charge is 2.19. The highest BCUT2D eigenvalue weighted by atomic mass is 32.1. The van der Waals surface area contributed by atoms with Crippen LogP contribution in [-0.4, -0.2) is 24.1 Å². The van der Waals surface area contributed by atoms with Crippen LogP contribution < -0.4 is 10.2 Å². The lowest BCUT2D eigenvalue weighted by Gasteiger charge is -2.23. The van der Waals surface area contributed by atoms with Crippen molar-refractivity contribution < 1.29 is 0 Å². The van der Waals surface area contributed by atoms with Crippen molar-refractivity contribution in [2.24, 2.45) is 0 Å². The Kier molecular flexibility index (Phi) is 6.96. The van der Waals surface area contributed by atoms with Crippen molar-refractivity contribution in [1.29, 1.82) is 0 Å². The van der Waals surface area contributed by atoms with Gasteiger partial charge in [0.05, 0.1) is 5.69 Å². The lowest BCUT2D eigenvalue weighted by molar-refractivity contribution is 0.587. The highest BCUT2D eigenvalue weighted by Crippen LogP contribution is 2.31. The summed E-state index contributed by atoms with van der Waals surface area (Å²) in [7, 11) is 2.17. The largest absolute Gasteiger partial charge is 0.348 e. The molecule has 1 heterocycles. The summed E-state index contributed by atoms with van der Waals surface area (Å²) in [6.07, 6.45) is 2.43. The molecule has 4 heteroatoms. The van der Waals surface area contributed by atoms with Crippen LogP contribution in [-0.2, 0) is 6.54 Å². The average Bonchev–Trinajstić information content (AvgIpc) is 2.79. The van der Waals surface area contributed by atoms with E-state index in [1.54, 1.807) is 0 Å². The topological polar surface area (TPSA) is 28.2 Å². The number of hydrogen-bond donors (Lipinski definition) is 1. The van der Waals surface area contributed by atoms with Crippen LogP contribution >= 0.6 is 11.3 Å². The predicted octanol–water partition coefficient (Wildman–Crippen LogP) is 4.39. The van der Waals surface area contributed by atoms with Crippen LogP contribution in [0.3, 0.4) is 0 Å². The van der Waals surface area contributed by atoms with Gasteiger partial charge in [0, 0.05) is 30.6 Å². The van der Waals surface area contributed by atoms with Crippen molar-refractivity contribution in [1.82, 2.24) is 10.3 Å². The van der Waals surface area contributed by atoms with Crippen LogP contribution in [0.1, 0.15) is 70.9 Å². The molecule has 0 saturated carbocycles. The Bertz CT molecular complexity index is 398. The van der Waals surface area contributed by atoms with Gasteiger partial charge in [0.2, 0.25) is 0 Å². The molecule has 0 bridgehead atoms. The molecule has 116 valence electrons. The van der Waals surface area contributed by atoms with Gasteiger partial charge >= 0.3 is 0 Å². The third kappa shape index (κ3) is 4.74. The van der Waals surface area contributed by atoms with Crippen molar-refractivity contribution in [3.05, 3.63) is 10.6 Å². The minimum absolute atomic E-state index is 0.485. The van der Waals surface area contributed by atoms with Crippen molar-refractivity contribution >= 4 is 16.5 Å². The Hall–Kier alpha value is -0.610. The van der Waals surface area contributed by atoms with E-state index in [0.717, 1.165) is 11.7 Å². The van der Waals surface area contributed by atoms with Gasteiger partial charge < -0.3 is 10.2 Å². The van der Waals surface area contributed by atoms with E-state index in [9.17, 15) is 0 Å². The first-order valence-corrected chi connectivity index (χ1v) is 8.64. The zero-order valence-electron chi connectivity index (χ0n) is 14.2.